The summed E-state index contributed by atoms with van der Waals surface area (Å²) in [6, 6.07) is 2.70. The zero-order valence-corrected chi connectivity index (χ0v) is 11.3. The lowest BCUT2D eigenvalue weighted by atomic mass is 10.1. The second-order valence-corrected chi connectivity index (χ2v) is 4.00. The van der Waals surface area contributed by atoms with Crippen molar-refractivity contribution in [2.45, 2.75) is 6.04 Å². The van der Waals surface area contributed by atoms with Crippen LogP contribution in [0.15, 0.2) is 12.1 Å². The number of hydrogen-bond acceptors (Lipinski definition) is 6. The van der Waals surface area contributed by atoms with Crippen LogP contribution in [0, 0.1) is 12.3 Å². The summed E-state index contributed by atoms with van der Waals surface area (Å²) in [6.07, 6.45) is 5.21. The van der Waals surface area contributed by atoms with Crippen LogP contribution in [0.4, 0.5) is 0 Å². The molecule has 1 atom stereocenters. The van der Waals surface area contributed by atoms with E-state index >= 15 is 0 Å². The predicted octanol–water partition coefficient (Wildman–Crippen LogP) is 0.861. The molecule has 1 aromatic rings. The van der Waals surface area contributed by atoms with E-state index in [-0.39, 0.29) is 13.3 Å². The van der Waals surface area contributed by atoms with Gasteiger partial charge in [0.25, 0.3) is 0 Å². The molecule has 0 radical (unpaired) electrons. The summed E-state index contributed by atoms with van der Waals surface area (Å²) in [7, 11) is 2.83. The van der Waals surface area contributed by atoms with Crippen molar-refractivity contribution in [3.8, 4) is 29.6 Å². The molecule has 20 heavy (non-hydrogen) atoms. The number of hydrogen-bond donors (Lipinski definition) is 1. The molecule has 0 saturated carbocycles. The number of nitrogens with one attached hydrogen (secondary N) is 1. The minimum atomic E-state index is -0.695. The van der Waals surface area contributed by atoms with Crippen LogP contribution in [-0.4, -0.2) is 33.5 Å². The highest BCUT2D eigenvalue weighted by Gasteiger charge is 2.26. The number of benzene rings is 1. The maximum Gasteiger partial charge on any atom is 0.327 e. The van der Waals surface area contributed by atoms with Crippen molar-refractivity contribution in [3.05, 3.63) is 17.7 Å². The van der Waals surface area contributed by atoms with Gasteiger partial charge >= 0.3 is 5.97 Å². The number of esters is 1. The number of carbonyl (C=O) groups excluding carboxylic acids is 1. The highest BCUT2D eigenvalue weighted by atomic mass is 16.7. The fourth-order valence-electron chi connectivity index (χ4n) is 1.93. The third kappa shape index (κ3) is 2.63. The molecule has 2 rings (SSSR count). The van der Waals surface area contributed by atoms with E-state index in [0.717, 1.165) is 0 Å². The van der Waals surface area contributed by atoms with Gasteiger partial charge in [-0.25, -0.2) is 4.79 Å². The Morgan fingerprint density at radius 2 is 2.30 bits per heavy atom. The monoisotopic (exact) mass is 277 g/mol. The minimum absolute atomic E-state index is 0.121. The molecule has 1 N–H and O–H groups in total. The molecule has 1 heterocycles. The molecule has 0 bridgehead atoms. The van der Waals surface area contributed by atoms with E-state index < -0.39 is 12.0 Å². The zero-order valence-electron chi connectivity index (χ0n) is 11.3. The molecule has 0 saturated heterocycles. The molecular weight excluding hydrogens is 262 g/mol. The molecule has 0 aliphatic carbocycles. The summed E-state index contributed by atoms with van der Waals surface area (Å²) in [5.41, 5.74) is 0.633. The lowest BCUT2D eigenvalue weighted by molar-refractivity contribution is -0.143. The van der Waals surface area contributed by atoms with E-state index in [1.54, 1.807) is 12.1 Å². The average Bonchev–Trinajstić information content (AvgIpc) is 2.94. The van der Waals surface area contributed by atoms with E-state index in [4.69, 9.17) is 25.4 Å². The molecule has 106 valence electrons. The van der Waals surface area contributed by atoms with Crippen molar-refractivity contribution in [2.75, 3.05) is 27.6 Å². The molecule has 6 nitrogen and oxygen atoms in total. The van der Waals surface area contributed by atoms with E-state index in [0.29, 0.717) is 22.8 Å². The lowest BCUT2D eigenvalue weighted by Gasteiger charge is -2.17. The number of terminal acetylenes is 1. The normalized spacial score (nSPS) is 13.4. The van der Waals surface area contributed by atoms with Crippen molar-refractivity contribution in [1.82, 2.24) is 5.32 Å². The van der Waals surface area contributed by atoms with Crippen molar-refractivity contribution in [1.29, 1.82) is 0 Å². The number of ether oxygens (including phenoxy) is 4. The van der Waals surface area contributed by atoms with E-state index in [9.17, 15) is 4.79 Å². The van der Waals surface area contributed by atoms with Crippen LogP contribution in [-0.2, 0) is 9.53 Å². The van der Waals surface area contributed by atoms with Gasteiger partial charge in [0, 0.05) is 0 Å². The largest absolute Gasteiger partial charge is 0.493 e. The Bertz CT molecular complexity index is 549. The molecule has 1 aliphatic rings. The van der Waals surface area contributed by atoms with E-state index in [1.807, 2.05) is 0 Å². The average molecular weight is 277 g/mol. The Kier molecular flexibility index (Phi) is 4.33. The Morgan fingerprint density at radius 3 is 2.95 bits per heavy atom. The van der Waals surface area contributed by atoms with Crippen molar-refractivity contribution in [2.24, 2.45) is 0 Å². The van der Waals surface area contributed by atoms with Crippen LogP contribution < -0.4 is 19.5 Å². The van der Waals surface area contributed by atoms with Gasteiger partial charge in [-0.1, -0.05) is 5.92 Å². The molecule has 1 aliphatic heterocycles. The van der Waals surface area contributed by atoms with Crippen molar-refractivity contribution >= 4 is 5.97 Å². The number of rotatable bonds is 5. The molecule has 0 spiro atoms. The Labute approximate surface area is 117 Å². The van der Waals surface area contributed by atoms with Crippen molar-refractivity contribution in [3.63, 3.8) is 0 Å². The van der Waals surface area contributed by atoms with Gasteiger partial charge < -0.3 is 18.9 Å². The second-order valence-electron chi connectivity index (χ2n) is 4.00. The summed E-state index contributed by atoms with van der Waals surface area (Å²) in [5.74, 6) is 3.52. The van der Waals surface area contributed by atoms with Crippen molar-refractivity contribution < 1.29 is 23.7 Å². The Balaban J connectivity index is 2.38. The van der Waals surface area contributed by atoms with Gasteiger partial charge in [0.15, 0.2) is 11.5 Å². The lowest BCUT2D eigenvalue weighted by Crippen LogP contribution is -2.29. The molecule has 0 fully saturated rings. The van der Waals surface area contributed by atoms with Crippen LogP contribution in [0.25, 0.3) is 0 Å². The maximum absolute atomic E-state index is 11.9. The van der Waals surface area contributed by atoms with Gasteiger partial charge in [0.05, 0.1) is 20.8 Å². The van der Waals surface area contributed by atoms with Crippen LogP contribution in [0.1, 0.15) is 11.6 Å². The molecule has 1 aromatic carbocycles. The van der Waals surface area contributed by atoms with Crippen LogP contribution in [0.2, 0.25) is 0 Å². The SMILES string of the molecule is C#CCNC(C(=O)OC)c1cc(OC)c2c(c1)OCO2. The summed E-state index contributed by atoms with van der Waals surface area (Å²) in [4.78, 5) is 11.9. The first-order chi connectivity index (χ1) is 9.71. The van der Waals surface area contributed by atoms with Gasteiger partial charge in [-0.15, -0.1) is 6.42 Å². The van der Waals surface area contributed by atoms with E-state index in [2.05, 4.69) is 11.2 Å². The van der Waals surface area contributed by atoms with Gasteiger partial charge in [0.1, 0.15) is 6.04 Å². The van der Waals surface area contributed by atoms with E-state index in [1.165, 1.54) is 14.2 Å². The number of methoxy groups -OCH3 is 2. The summed E-state index contributed by atoms with van der Waals surface area (Å²) >= 11 is 0. The summed E-state index contributed by atoms with van der Waals surface area (Å²) in [6.45, 7) is 0.354. The highest BCUT2D eigenvalue weighted by molar-refractivity contribution is 5.78. The predicted molar refractivity (Wildman–Crippen MR) is 70.7 cm³/mol. The summed E-state index contributed by atoms with van der Waals surface area (Å²) in [5, 5.41) is 2.92. The standard InChI is InChI=1S/C14H15NO5/c1-4-5-15-12(14(16)18-3)9-6-10(17-2)13-11(7-9)19-8-20-13/h1,6-7,12,15H,5,8H2,2-3H3. The smallest absolute Gasteiger partial charge is 0.327 e. The van der Waals surface area contributed by atoms with Crippen LogP contribution >= 0.6 is 0 Å². The first-order valence-electron chi connectivity index (χ1n) is 5.93. The quantitative estimate of drug-likeness (QED) is 0.636. The Hall–Kier alpha value is -2.39. The molecule has 0 amide bonds. The fraction of sp³-hybridized carbons (Fsp3) is 0.357. The molecule has 0 aromatic heterocycles. The number of carbonyl (C=O) groups is 1. The fourth-order valence-corrected chi connectivity index (χ4v) is 1.93. The molecular formula is C14H15NO5. The Morgan fingerprint density at radius 1 is 1.50 bits per heavy atom. The van der Waals surface area contributed by atoms with Crippen LogP contribution in [0.3, 0.4) is 0 Å². The van der Waals surface area contributed by atoms with Gasteiger partial charge in [-0.05, 0) is 17.7 Å². The van der Waals surface area contributed by atoms with Gasteiger partial charge in [-0.2, -0.15) is 0 Å². The first-order valence-corrected chi connectivity index (χ1v) is 5.93. The highest BCUT2D eigenvalue weighted by Crippen LogP contribution is 2.43. The molecule has 1 unspecified atom stereocenters. The third-order valence-corrected chi connectivity index (χ3v) is 2.86. The second kappa shape index (κ2) is 6.17. The van der Waals surface area contributed by atoms with Gasteiger partial charge in [0.2, 0.25) is 12.5 Å². The third-order valence-electron chi connectivity index (χ3n) is 2.86. The van der Waals surface area contributed by atoms with Crippen LogP contribution in [0.5, 0.6) is 17.2 Å². The minimum Gasteiger partial charge on any atom is -0.493 e. The number of fused-ring (bicyclic) bond motifs is 1. The maximum atomic E-state index is 11.9. The topological polar surface area (TPSA) is 66.0 Å². The summed E-state index contributed by atoms with van der Waals surface area (Å²) < 4.78 is 20.6. The zero-order chi connectivity index (χ0) is 14.5. The van der Waals surface area contributed by atoms with Gasteiger partial charge in [-0.3, -0.25) is 5.32 Å². The molecule has 6 heteroatoms. The first kappa shape index (κ1) is 14.0.